The highest BCUT2D eigenvalue weighted by atomic mass is 32.2. The maximum Gasteiger partial charge on any atom is 0.219 e. The highest BCUT2D eigenvalue weighted by Crippen LogP contribution is 2.34. The van der Waals surface area contributed by atoms with E-state index in [-0.39, 0.29) is 6.54 Å². The molecule has 0 spiro atoms. The average molecular weight is 249 g/mol. The second kappa shape index (κ2) is 3.96. The van der Waals surface area contributed by atoms with E-state index >= 15 is 0 Å². The molecular formula is C11H23NO3S. The molecule has 1 heterocycles. The lowest BCUT2D eigenvalue weighted by molar-refractivity contribution is 0.0468. The van der Waals surface area contributed by atoms with Crippen LogP contribution in [0, 0.1) is 0 Å². The van der Waals surface area contributed by atoms with Gasteiger partial charge in [0, 0.05) is 12.1 Å². The molecule has 0 saturated carbocycles. The van der Waals surface area contributed by atoms with Crippen LogP contribution in [0.4, 0.5) is 0 Å². The van der Waals surface area contributed by atoms with E-state index in [0.29, 0.717) is 12.8 Å². The Bertz CT molecular complexity index is 354. The maximum absolute atomic E-state index is 12.4. The Balaban J connectivity index is 3.10. The second-order valence-corrected chi connectivity index (χ2v) is 8.77. The summed E-state index contributed by atoms with van der Waals surface area (Å²) < 4.78 is 25.4. The van der Waals surface area contributed by atoms with Crippen molar-refractivity contribution in [2.24, 2.45) is 0 Å². The van der Waals surface area contributed by atoms with Crippen LogP contribution in [0.1, 0.15) is 47.5 Å². The van der Waals surface area contributed by atoms with Crippen molar-refractivity contribution in [3.8, 4) is 0 Å². The molecule has 1 rings (SSSR count). The summed E-state index contributed by atoms with van der Waals surface area (Å²) >= 11 is 0. The number of sulfonamides is 1. The molecule has 1 aliphatic heterocycles. The summed E-state index contributed by atoms with van der Waals surface area (Å²) in [7, 11) is -3.37. The molecule has 0 aromatic heterocycles. The van der Waals surface area contributed by atoms with Crippen LogP contribution in [0.15, 0.2) is 0 Å². The predicted octanol–water partition coefficient (Wildman–Crippen LogP) is 1.35. The van der Waals surface area contributed by atoms with Crippen LogP contribution in [-0.4, -0.2) is 40.8 Å². The Hall–Kier alpha value is -0.130. The van der Waals surface area contributed by atoms with Gasteiger partial charge in [0.05, 0.1) is 10.9 Å². The van der Waals surface area contributed by atoms with Crippen molar-refractivity contribution in [1.29, 1.82) is 0 Å². The zero-order valence-corrected chi connectivity index (χ0v) is 11.6. The largest absolute Gasteiger partial charge is 0.392 e. The number of hydrogen-bond donors (Lipinski definition) is 1. The minimum atomic E-state index is -3.37. The lowest BCUT2D eigenvalue weighted by Crippen LogP contribution is -2.58. The summed E-state index contributed by atoms with van der Waals surface area (Å²) in [6.45, 7) is 9.13. The number of piperidine rings is 1. The Morgan fingerprint density at radius 2 is 1.81 bits per heavy atom. The smallest absolute Gasteiger partial charge is 0.219 e. The summed E-state index contributed by atoms with van der Waals surface area (Å²) in [4.78, 5) is 0. The quantitative estimate of drug-likeness (QED) is 0.763. The first-order chi connectivity index (χ1) is 6.98. The minimum absolute atomic E-state index is 0.215. The molecule has 0 aromatic rings. The first-order valence-electron chi connectivity index (χ1n) is 5.69. The molecule has 1 N–H and O–H groups in total. The van der Waals surface area contributed by atoms with Gasteiger partial charge < -0.3 is 5.11 Å². The van der Waals surface area contributed by atoms with Crippen molar-refractivity contribution >= 4 is 10.0 Å². The van der Waals surface area contributed by atoms with Crippen molar-refractivity contribution in [2.45, 2.75) is 63.9 Å². The number of hydrogen-bond acceptors (Lipinski definition) is 3. The zero-order valence-electron chi connectivity index (χ0n) is 10.8. The monoisotopic (exact) mass is 249 g/mol. The highest BCUT2D eigenvalue weighted by molar-refractivity contribution is 7.90. The topological polar surface area (TPSA) is 57.6 Å². The van der Waals surface area contributed by atoms with E-state index in [2.05, 4.69) is 0 Å². The molecule has 1 fully saturated rings. The normalized spacial score (nSPS) is 28.0. The van der Waals surface area contributed by atoms with E-state index in [1.807, 2.05) is 13.8 Å². The van der Waals surface area contributed by atoms with Gasteiger partial charge in [0.1, 0.15) is 0 Å². The molecule has 1 unspecified atom stereocenters. The molecule has 4 nitrogen and oxygen atoms in total. The summed E-state index contributed by atoms with van der Waals surface area (Å²) in [6.07, 6.45) is 0.831. The fraction of sp³-hybridized carbons (Fsp3) is 1.00. The van der Waals surface area contributed by atoms with Crippen LogP contribution in [-0.2, 0) is 10.0 Å². The molecule has 1 atom stereocenters. The van der Waals surface area contributed by atoms with E-state index in [1.165, 1.54) is 4.31 Å². The van der Waals surface area contributed by atoms with Gasteiger partial charge in [-0.1, -0.05) is 0 Å². The van der Waals surface area contributed by atoms with E-state index in [0.717, 1.165) is 0 Å². The van der Waals surface area contributed by atoms with E-state index in [4.69, 9.17) is 0 Å². The predicted molar refractivity (Wildman–Crippen MR) is 64.7 cm³/mol. The lowest BCUT2D eigenvalue weighted by atomic mass is 9.92. The van der Waals surface area contributed by atoms with Crippen molar-refractivity contribution in [3.05, 3.63) is 0 Å². The molecule has 0 radical (unpaired) electrons. The van der Waals surface area contributed by atoms with E-state index in [1.54, 1.807) is 20.8 Å². The van der Waals surface area contributed by atoms with Crippen molar-refractivity contribution in [2.75, 3.05) is 6.54 Å². The lowest BCUT2D eigenvalue weighted by Gasteiger charge is -2.45. The molecule has 1 saturated heterocycles. The molecule has 96 valence electrons. The first kappa shape index (κ1) is 13.9. The first-order valence-corrected chi connectivity index (χ1v) is 7.13. The molecule has 5 heteroatoms. The SMILES string of the molecule is CC1(C)CCC(O)CN1S(=O)(=O)C(C)(C)C. The summed E-state index contributed by atoms with van der Waals surface area (Å²) in [5.74, 6) is 0. The molecule has 0 aromatic carbocycles. The van der Waals surface area contributed by atoms with Crippen molar-refractivity contribution < 1.29 is 13.5 Å². The highest BCUT2D eigenvalue weighted by Gasteiger charge is 2.45. The Labute approximate surface area is 98.7 Å². The van der Waals surface area contributed by atoms with Gasteiger partial charge in [-0.25, -0.2) is 8.42 Å². The number of β-amino-alcohol motifs (C(OH)–C–C–N with tert-alkyl or cyclic N) is 1. The Morgan fingerprint density at radius 3 is 2.25 bits per heavy atom. The number of aliphatic hydroxyl groups excluding tert-OH is 1. The maximum atomic E-state index is 12.4. The fourth-order valence-corrected chi connectivity index (χ4v) is 3.70. The van der Waals surface area contributed by atoms with E-state index < -0.39 is 26.4 Å². The molecule has 0 bridgehead atoms. The van der Waals surface area contributed by atoms with Gasteiger partial charge in [0.2, 0.25) is 10.0 Å². The van der Waals surface area contributed by atoms with Crippen LogP contribution in [0.3, 0.4) is 0 Å². The van der Waals surface area contributed by atoms with Gasteiger partial charge >= 0.3 is 0 Å². The zero-order chi connectivity index (χ0) is 12.8. The molecular weight excluding hydrogens is 226 g/mol. The summed E-state index contributed by atoms with van der Waals surface area (Å²) in [6, 6.07) is 0. The Morgan fingerprint density at radius 1 is 1.31 bits per heavy atom. The van der Waals surface area contributed by atoms with Crippen molar-refractivity contribution in [1.82, 2.24) is 4.31 Å². The third kappa shape index (κ3) is 2.41. The van der Waals surface area contributed by atoms with Gasteiger partial charge in [-0.2, -0.15) is 4.31 Å². The summed E-state index contributed by atoms with van der Waals surface area (Å²) in [5, 5.41) is 9.63. The summed E-state index contributed by atoms with van der Waals surface area (Å²) in [5.41, 5.74) is -0.397. The molecule has 16 heavy (non-hydrogen) atoms. The van der Waals surface area contributed by atoms with Crippen LogP contribution in [0.5, 0.6) is 0 Å². The molecule has 1 aliphatic rings. The fourth-order valence-electron chi connectivity index (χ4n) is 1.93. The standard InChI is InChI=1S/C11H23NO3S/c1-10(2,3)16(14,15)12-8-9(13)6-7-11(12,4)5/h9,13H,6-8H2,1-5H3. The van der Waals surface area contributed by atoms with E-state index in [9.17, 15) is 13.5 Å². The van der Waals surface area contributed by atoms with Crippen molar-refractivity contribution in [3.63, 3.8) is 0 Å². The number of nitrogens with zero attached hydrogens (tertiary/aromatic N) is 1. The minimum Gasteiger partial charge on any atom is -0.392 e. The third-order valence-electron chi connectivity index (χ3n) is 3.21. The number of aliphatic hydroxyl groups is 1. The average Bonchev–Trinajstić information content (AvgIpc) is 2.07. The Kier molecular flexibility index (Phi) is 3.45. The third-order valence-corrected chi connectivity index (χ3v) is 5.98. The van der Waals surface area contributed by atoms with Crippen LogP contribution >= 0.6 is 0 Å². The van der Waals surface area contributed by atoms with Gasteiger partial charge in [0.15, 0.2) is 0 Å². The molecule has 0 amide bonds. The van der Waals surface area contributed by atoms with Gasteiger partial charge in [0.25, 0.3) is 0 Å². The number of rotatable bonds is 1. The van der Waals surface area contributed by atoms with Gasteiger partial charge in [-0.15, -0.1) is 0 Å². The van der Waals surface area contributed by atoms with Gasteiger partial charge in [-0.3, -0.25) is 0 Å². The van der Waals surface area contributed by atoms with Crippen LogP contribution in [0.25, 0.3) is 0 Å². The second-order valence-electron chi connectivity index (χ2n) is 6.15. The van der Waals surface area contributed by atoms with Gasteiger partial charge in [-0.05, 0) is 47.5 Å². The molecule has 0 aliphatic carbocycles. The van der Waals surface area contributed by atoms with Crippen LogP contribution < -0.4 is 0 Å². The van der Waals surface area contributed by atoms with Crippen LogP contribution in [0.2, 0.25) is 0 Å².